The maximum absolute atomic E-state index is 11.2. The highest BCUT2D eigenvalue weighted by molar-refractivity contribution is 7.07. The van der Waals surface area contributed by atoms with Crippen molar-refractivity contribution in [3.05, 3.63) is 22.4 Å². The van der Waals surface area contributed by atoms with Gasteiger partial charge in [-0.2, -0.15) is 11.3 Å². The number of amides is 1. The number of thiophene rings is 1. The second-order valence-corrected chi connectivity index (χ2v) is 4.52. The molecule has 0 bridgehead atoms. The number of hydrogen-bond donors (Lipinski definition) is 2. The van der Waals surface area contributed by atoms with E-state index in [9.17, 15) is 4.79 Å². The van der Waals surface area contributed by atoms with Crippen molar-refractivity contribution < 1.29 is 4.79 Å². The standard InChI is InChI=1S/C10H17N3OS/c1-8(10(14)12-11)5-13(2)6-9-3-4-15-7-9/h3-4,7-8H,5-6,11H2,1-2H3,(H,12,14). The second kappa shape index (κ2) is 5.85. The lowest BCUT2D eigenvalue weighted by Gasteiger charge is -2.19. The summed E-state index contributed by atoms with van der Waals surface area (Å²) >= 11 is 1.69. The van der Waals surface area contributed by atoms with Gasteiger partial charge in [-0.05, 0) is 29.4 Å². The molecular formula is C10H17N3OS. The van der Waals surface area contributed by atoms with Crippen LogP contribution in [-0.4, -0.2) is 24.4 Å². The monoisotopic (exact) mass is 227 g/mol. The molecule has 0 fully saturated rings. The molecule has 1 rings (SSSR count). The largest absolute Gasteiger partial charge is 0.301 e. The van der Waals surface area contributed by atoms with Crippen LogP contribution in [0.2, 0.25) is 0 Å². The number of carbonyl (C=O) groups is 1. The van der Waals surface area contributed by atoms with Crippen LogP contribution in [-0.2, 0) is 11.3 Å². The smallest absolute Gasteiger partial charge is 0.237 e. The molecule has 0 aliphatic carbocycles. The first-order valence-corrected chi connectivity index (χ1v) is 5.78. The van der Waals surface area contributed by atoms with E-state index in [-0.39, 0.29) is 11.8 Å². The van der Waals surface area contributed by atoms with Gasteiger partial charge in [-0.25, -0.2) is 5.84 Å². The van der Waals surface area contributed by atoms with E-state index in [1.807, 2.05) is 14.0 Å². The Morgan fingerprint density at radius 3 is 3.00 bits per heavy atom. The van der Waals surface area contributed by atoms with Crippen molar-refractivity contribution in [2.75, 3.05) is 13.6 Å². The number of nitrogens with two attached hydrogens (primary N) is 1. The first-order valence-electron chi connectivity index (χ1n) is 4.83. The molecule has 1 heterocycles. The minimum Gasteiger partial charge on any atom is -0.301 e. The van der Waals surface area contributed by atoms with Gasteiger partial charge in [0.05, 0.1) is 0 Å². The van der Waals surface area contributed by atoms with Crippen molar-refractivity contribution in [2.24, 2.45) is 11.8 Å². The van der Waals surface area contributed by atoms with Crippen LogP contribution in [0.4, 0.5) is 0 Å². The Morgan fingerprint density at radius 2 is 2.47 bits per heavy atom. The van der Waals surface area contributed by atoms with Gasteiger partial charge < -0.3 is 4.90 Å². The fourth-order valence-electron chi connectivity index (χ4n) is 1.45. The average molecular weight is 227 g/mol. The summed E-state index contributed by atoms with van der Waals surface area (Å²) in [7, 11) is 2.00. The molecule has 1 aromatic heterocycles. The zero-order valence-electron chi connectivity index (χ0n) is 9.06. The minimum absolute atomic E-state index is 0.0846. The first-order chi connectivity index (χ1) is 7.13. The van der Waals surface area contributed by atoms with Crippen molar-refractivity contribution in [2.45, 2.75) is 13.5 Å². The fraction of sp³-hybridized carbons (Fsp3) is 0.500. The Balaban J connectivity index is 2.35. The molecule has 1 atom stereocenters. The fourth-order valence-corrected chi connectivity index (χ4v) is 2.11. The second-order valence-electron chi connectivity index (χ2n) is 3.74. The highest BCUT2D eigenvalue weighted by Crippen LogP contribution is 2.09. The van der Waals surface area contributed by atoms with Gasteiger partial charge >= 0.3 is 0 Å². The molecule has 1 unspecified atom stereocenters. The van der Waals surface area contributed by atoms with Crippen LogP contribution in [0.3, 0.4) is 0 Å². The molecule has 15 heavy (non-hydrogen) atoms. The van der Waals surface area contributed by atoms with Crippen molar-refractivity contribution >= 4 is 17.2 Å². The lowest BCUT2D eigenvalue weighted by atomic mass is 10.1. The molecule has 1 amide bonds. The molecule has 4 nitrogen and oxygen atoms in total. The Hall–Kier alpha value is -0.910. The van der Waals surface area contributed by atoms with Crippen LogP contribution in [0.25, 0.3) is 0 Å². The average Bonchev–Trinajstić information content (AvgIpc) is 2.68. The number of rotatable bonds is 5. The topological polar surface area (TPSA) is 58.4 Å². The highest BCUT2D eigenvalue weighted by Gasteiger charge is 2.13. The molecule has 3 N–H and O–H groups in total. The van der Waals surface area contributed by atoms with Gasteiger partial charge in [0.1, 0.15) is 0 Å². The van der Waals surface area contributed by atoms with E-state index in [0.29, 0.717) is 6.54 Å². The Bertz CT molecular complexity index is 300. The molecule has 0 spiro atoms. The Morgan fingerprint density at radius 1 is 1.73 bits per heavy atom. The van der Waals surface area contributed by atoms with E-state index in [0.717, 1.165) is 6.54 Å². The molecule has 0 aliphatic rings. The van der Waals surface area contributed by atoms with E-state index in [4.69, 9.17) is 5.84 Å². The van der Waals surface area contributed by atoms with Gasteiger partial charge in [0.25, 0.3) is 0 Å². The van der Waals surface area contributed by atoms with Crippen molar-refractivity contribution in [1.82, 2.24) is 10.3 Å². The molecule has 84 valence electrons. The summed E-state index contributed by atoms with van der Waals surface area (Å²) in [6.45, 7) is 3.44. The SMILES string of the molecule is CC(CN(C)Cc1ccsc1)C(=O)NN. The maximum atomic E-state index is 11.2. The molecule has 0 saturated heterocycles. The minimum atomic E-state index is -0.118. The third-order valence-corrected chi connectivity index (χ3v) is 2.94. The van der Waals surface area contributed by atoms with E-state index in [1.54, 1.807) is 11.3 Å². The van der Waals surface area contributed by atoms with Crippen LogP contribution in [0, 0.1) is 5.92 Å². The quantitative estimate of drug-likeness (QED) is 0.444. The predicted molar refractivity (Wildman–Crippen MR) is 62.1 cm³/mol. The molecule has 0 aliphatic heterocycles. The zero-order valence-corrected chi connectivity index (χ0v) is 9.88. The number of nitrogens with one attached hydrogen (secondary N) is 1. The van der Waals surface area contributed by atoms with E-state index >= 15 is 0 Å². The summed E-state index contributed by atoms with van der Waals surface area (Å²) in [6, 6.07) is 2.09. The zero-order chi connectivity index (χ0) is 11.3. The van der Waals surface area contributed by atoms with Crippen LogP contribution >= 0.6 is 11.3 Å². The van der Waals surface area contributed by atoms with Gasteiger partial charge in [-0.15, -0.1) is 0 Å². The van der Waals surface area contributed by atoms with Crippen molar-refractivity contribution in [3.8, 4) is 0 Å². The summed E-state index contributed by atoms with van der Waals surface area (Å²) < 4.78 is 0. The summed E-state index contributed by atoms with van der Waals surface area (Å²) in [5.41, 5.74) is 3.45. The lowest BCUT2D eigenvalue weighted by Crippen LogP contribution is -2.39. The molecule has 0 saturated carbocycles. The van der Waals surface area contributed by atoms with Crippen molar-refractivity contribution in [3.63, 3.8) is 0 Å². The normalized spacial score (nSPS) is 12.8. The van der Waals surface area contributed by atoms with Gasteiger partial charge in [0.2, 0.25) is 5.91 Å². The van der Waals surface area contributed by atoms with E-state index in [1.165, 1.54) is 5.56 Å². The number of hydrazine groups is 1. The molecular weight excluding hydrogens is 210 g/mol. The van der Waals surface area contributed by atoms with Crippen LogP contribution in [0.5, 0.6) is 0 Å². The predicted octanol–water partition coefficient (Wildman–Crippen LogP) is 0.806. The summed E-state index contributed by atoms with van der Waals surface area (Å²) in [5, 5.41) is 4.17. The van der Waals surface area contributed by atoms with E-state index < -0.39 is 0 Å². The van der Waals surface area contributed by atoms with Gasteiger partial charge in [-0.1, -0.05) is 6.92 Å². The van der Waals surface area contributed by atoms with Crippen molar-refractivity contribution in [1.29, 1.82) is 0 Å². The number of nitrogens with zero attached hydrogens (tertiary/aromatic N) is 1. The van der Waals surface area contributed by atoms with Gasteiger partial charge in [-0.3, -0.25) is 10.2 Å². The maximum Gasteiger partial charge on any atom is 0.237 e. The highest BCUT2D eigenvalue weighted by atomic mass is 32.1. The molecule has 5 heteroatoms. The van der Waals surface area contributed by atoms with E-state index in [2.05, 4.69) is 27.2 Å². The molecule has 1 aromatic rings. The van der Waals surface area contributed by atoms with Crippen LogP contribution < -0.4 is 11.3 Å². The molecule has 0 radical (unpaired) electrons. The Kier molecular flexibility index (Phi) is 4.74. The summed E-state index contributed by atoms with van der Waals surface area (Å²) in [5.74, 6) is 4.87. The Labute approximate surface area is 94.0 Å². The number of hydrogen-bond acceptors (Lipinski definition) is 4. The molecule has 0 aromatic carbocycles. The summed E-state index contributed by atoms with van der Waals surface area (Å²) in [4.78, 5) is 13.3. The van der Waals surface area contributed by atoms with Crippen LogP contribution in [0.1, 0.15) is 12.5 Å². The lowest BCUT2D eigenvalue weighted by molar-refractivity contribution is -0.125. The van der Waals surface area contributed by atoms with Crippen LogP contribution in [0.15, 0.2) is 16.8 Å². The van der Waals surface area contributed by atoms with Gasteiger partial charge in [0.15, 0.2) is 0 Å². The third-order valence-electron chi connectivity index (χ3n) is 2.21. The third kappa shape index (κ3) is 3.99. The van der Waals surface area contributed by atoms with Gasteiger partial charge in [0, 0.05) is 19.0 Å². The number of carbonyl (C=O) groups excluding carboxylic acids is 1. The first kappa shape index (κ1) is 12.2. The summed E-state index contributed by atoms with van der Waals surface area (Å²) in [6.07, 6.45) is 0.